The molecule has 2 amide bonds. The second-order valence-corrected chi connectivity index (χ2v) is 10.1. The normalized spacial score (nSPS) is 18.7. The predicted octanol–water partition coefficient (Wildman–Crippen LogP) is 6.28. The molecule has 0 unspecified atom stereocenters. The third-order valence-electron chi connectivity index (χ3n) is 6.99. The van der Waals surface area contributed by atoms with Crippen molar-refractivity contribution >= 4 is 17.6 Å². The van der Waals surface area contributed by atoms with E-state index < -0.39 is 11.7 Å². The Kier molecular flexibility index (Phi) is 9.14. The second kappa shape index (κ2) is 12.3. The van der Waals surface area contributed by atoms with Gasteiger partial charge in [-0.3, -0.25) is 4.90 Å². The van der Waals surface area contributed by atoms with Gasteiger partial charge in [0.25, 0.3) is 0 Å². The highest BCUT2D eigenvalue weighted by Gasteiger charge is 2.30. The van der Waals surface area contributed by atoms with E-state index in [0.717, 1.165) is 43.6 Å². The van der Waals surface area contributed by atoms with Crippen LogP contribution in [0.15, 0.2) is 48.5 Å². The Morgan fingerprint density at radius 3 is 2.22 bits per heavy atom. The molecule has 0 spiro atoms. The first kappa shape index (κ1) is 26.8. The number of benzene rings is 2. The fourth-order valence-electron chi connectivity index (χ4n) is 4.80. The van der Waals surface area contributed by atoms with Crippen LogP contribution in [0.5, 0.6) is 0 Å². The van der Waals surface area contributed by atoms with Crippen LogP contribution in [0, 0.1) is 0 Å². The van der Waals surface area contributed by atoms with E-state index in [2.05, 4.69) is 10.2 Å². The molecule has 2 fully saturated rings. The van der Waals surface area contributed by atoms with Crippen molar-refractivity contribution in [2.24, 2.45) is 0 Å². The number of nitrogens with zero attached hydrogens (tertiary/aromatic N) is 2. The molecule has 2 aromatic carbocycles. The van der Waals surface area contributed by atoms with Crippen LogP contribution in [0.25, 0.3) is 0 Å². The van der Waals surface area contributed by atoms with Crippen LogP contribution in [0.2, 0.25) is 5.02 Å². The van der Waals surface area contributed by atoms with Gasteiger partial charge in [0.05, 0.1) is 18.3 Å². The van der Waals surface area contributed by atoms with Gasteiger partial charge in [-0.25, -0.2) is 4.79 Å². The Morgan fingerprint density at radius 2 is 1.61 bits per heavy atom. The Bertz CT molecular complexity index is 971. The van der Waals surface area contributed by atoms with Crippen LogP contribution < -0.4 is 5.32 Å². The summed E-state index contributed by atoms with van der Waals surface area (Å²) in [5.41, 5.74) is 0.945. The largest absolute Gasteiger partial charge is 0.416 e. The number of halogens is 4. The van der Waals surface area contributed by atoms with E-state index in [9.17, 15) is 18.0 Å². The molecule has 1 N–H and O–H groups in total. The third-order valence-corrected chi connectivity index (χ3v) is 7.24. The number of carbonyl (C=O) groups is 1. The average Bonchev–Trinajstić information content (AvgIpc) is 2.88. The molecule has 196 valence electrons. The van der Waals surface area contributed by atoms with Gasteiger partial charge in [-0.1, -0.05) is 55.1 Å². The van der Waals surface area contributed by atoms with Crippen molar-refractivity contribution in [1.82, 2.24) is 15.1 Å². The first-order valence-electron chi connectivity index (χ1n) is 12.6. The molecule has 5 nitrogen and oxygen atoms in total. The Balaban J connectivity index is 1.33. The Morgan fingerprint density at radius 1 is 0.972 bits per heavy atom. The quantitative estimate of drug-likeness (QED) is 0.465. The number of piperazine rings is 1. The van der Waals surface area contributed by atoms with Gasteiger partial charge in [-0.2, -0.15) is 13.2 Å². The van der Waals surface area contributed by atoms with Crippen LogP contribution in [-0.4, -0.2) is 54.6 Å². The first-order valence-corrected chi connectivity index (χ1v) is 13.0. The van der Waals surface area contributed by atoms with Crippen molar-refractivity contribution in [3.8, 4) is 0 Å². The monoisotopic (exact) mass is 523 g/mol. The minimum Gasteiger partial charge on any atom is -0.368 e. The van der Waals surface area contributed by atoms with Gasteiger partial charge >= 0.3 is 12.2 Å². The number of amides is 2. The number of hydrogen-bond acceptors (Lipinski definition) is 3. The van der Waals surface area contributed by atoms with Crippen LogP contribution in [-0.2, 0) is 17.5 Å². The molecular weight excluding hydrogens is 491 g/mol. The average molecular weight is 524 g/mol. The molecule has 1 heterocycles. The maximum atomic E-state index is 12.9. The summed E-state index contributed by atoms with van der Waals surface area (Å²) < 4.78 is 44.8. The van der Waals surface area contributed by atoms with Crippen molar-refractivity contribution in [2.75, 3.05) is 32.7 Å². The summed E-state index contributed by atoms with van der Waals surface area (Å²) in [4.78, 5) is 16.8. The molecule has 36 heavy (non-hydrogen) atoms. The third kappa shape index (κ3) is 7.60. The zero-order chi connectivity index (χ0) is 25.5. The van der Waals surface area contributed by atoms with Crippen LogP contribution >= 0.6 is 11.6 Å². The lowest BCUT2D eigenvalue weighted by molar-refractivity contribution is -0.137. The number of rotatable bonds is 7. The van der Waals surface area contributed by atoms with Gasteiger partial charge in [0.1, 0.15) is 0 Å². The number of nitrogens with one attached hydrogen (secondary N) is 1. The molecule has 4 rings (SSSR count). The summed E-state index contributed by atoms with van der Waals surface area (Å²) in [5.74, 6) is 0. The molecule has 0 aromatic heterocycles. The molecule has 0 bridgehead atoms. The number of alkyl halides is 3. The topological polar surface area (TPSA) is 44.8 Å². The zero-order valence-electron chi connectivity index (χ0n) is 20.3. The summed E-state index contributed by atoms with van der Waals surface area (Å²) in [6.45, 7) is 3.54. The van der Waals surface area contributed by atoms with E-state index in [1.807, 2.05) is 17.0 Å². The number of hydrogen-bond donors (Lipinski definition) is 1. The van der Waals surface area contributed by atoms with Gasteiger partial charge in [0.2, 0.25) is 0 Å². The Labute approximate surface area is 215 Å². The smallest absolute Gasteiger partial charge is 0.368 e. The van der Waals surface area contributed by atoms with Crippen molar-refractivity contribution < 1.29 is 22.7 Å². The van der Waals surface area contributed by atoms with Crippen LogP contribution in [0.1, 0.15) is 54.9 Å². The Hall–Kier alpha value is -2.29. The van der Waals surface area contributed by atoms with Gasteiger partial charge in [-0.05, 0) is 48.2 Å². The van der Waals surface area contributed by atoms with Gasteiger partial charge in [-0.15, -0.1) is 0 Å². The van der Waals surface area contributed by atoms with Crippen molar-refractivity contribution in [3.63, 3.8) is 0 Å². The highest BCUT2D eigenvalue weighted by Crippen LogP contribution is 2.30. The molecular formula is C27H33ClF3N3O2. The molecule has 2 aliphatic rings. The van der Waals surface area contributed by atoms with E-state index in [4.69, 9.17) is 16.3 Å². The number of ether oxygens (including phenoxy) is 1. The van der Waals surface area contributed by atoms with E-state index in [1.165, 1.54) is 31.4 Å². The van der Waals surface area contributed by atoms with Gasteiger partial charge in [0, 0.05) is 43.8 Å². The van der Waals surface area contributed by atoms with Crippen molar-refractivity contribution in [3.05, 3.63) is 70.2 Å². The molecule has 1 aliphatic carbocycles. The van der Waals surface area contributed by atoms with E-state index >= 15 is 0 Å². The van der Waals surface area contributed by atoms with Crippen molar-refractivity contribution in [1.29, 1.82) is 0 Å². The summed E-state index contributed by atoms with van der Waals surface area (Å²) in [7, 11) is 0. The second-order valence-electron chi connectivity index (χ2n) is 9.62. The minimum absolute atomic E-state index is 0.0226. The van der Waals surface area contributed by atoms with Crippen LogP contribution in [0.4, 0.5) is 18.0 Å². The molecule has 1 saturated carbocycles. The maximum Gasteiger partial charge on any atom is 0.416 e. The van der Waals surface area contributed by atoms with Gasteiger partial charge < -0.3 is 15.0 Å². The van der Waals surface area contributed by atoms with Crippen LogP contribution in [0.3, 0.4) is 0 Å². The number of carbonyl (C=O) groups excluding carboxylic acids is 1. The van der Waals surface area contributed by atoms with E-state index in [0.29, 0.717) is 30.2 Å². The fraction of sp³-hybridized carbons (Fsp3) is 0.519. The molecule has 1 atom stereocenters. The van der Waals surface area contributed by atoms with Crippen molar-refractivity contribution in [2.45, 2.75) is 57.0 Å². The van der Waals surface area contributed by atoms with Gasteiger partial charge in [0.15, 0.2) is 0 Å². The predicted molar refractivity (Wildman–Crippen MR) is 134 cm³/mol. The first-order chi connectivity index (χ1) is 17.3. The summed E-state index contributed by atoms with van der Waals surface area (Å²) >= 11 is 6.06. The fourth-order valence-corrected chi connectivity index (χ4v) is 4.93. The number of urea groups is 1. The lowest BCUT2D eigenvalue weighted by Crippen LogP contribution is -2.54. The lowest BCUT2D eigenvalue weighted by atomic mass is 9.96. The molecule has 0 radical (unpaired) electrons. The highest BCUT2D eigenvalue weighted by molar-refractivity contribution is 6.30. The molecule has 1 saturated heterocycles. The summed E-state index contributed by atoms with van der Waals surface area (Å²) in [6.07, 6.45) is 1.08. The maximum absolute atomic E-state index is 12.9. The molecule has 2 aromatic rings. The SMILES string of the molecule is O=C(NC1CCCCC1)N1CCN(C[C@H](OCc2ccc(C(F)(F)F)cc2)c2ccc(Cl)cc2)CC1. The van der Waals surface area contributed by atoms with E-state index in [1.54, 1.807) is 12.1 Å². The zero-order valence-corrected chi connectivity index (χ0v) is 21.0. The molecule has 9 heteroatoms. The minimum atomic E-state index is -4.36. The summed E-state index contributed by atoms with van der Waals surface area (Å²) in [5, 5.41) is 3.81. The lowest BCUT2D eigenvalue weighted by Gasteiger charge is -2.37. The standard InChI is InChI=1S/C27H33ClF3N3O2/c28-23-12-8-21(9-13-23)25(36-19-20-6-10-22(11-7-20)27(29,30)31)18-33-14-16-34(17-15-33)26(35)32-24-4-2-1-3-5-24/h6-13,24-25H,1-5,14-19H2,(H,32,35)/t25-/m0/s1. The highest BCUT2D eigenvalue weighted by atomic mass is 35.5. The summed E-state index contributed by atoms with van der Waals surface area (Å²) in [6, 6.07) is 12.8. The molecule has 1 aliphatic heterocycles. The van der Waals surface area contributed by atoms with E-state index in [-0.39, 0.29) is 24.8 Å².